The summed E-state index contributed by atoms with van der Waals surface area (Å²) in [6.45, 7) is 5.26. The van der Waals surface area contributed by atoms with E-state index in [2.05, 4.69) is 16.3 Å². The van der Waals surface area contributed by atoms with Gasteiger partial charge in [0.05, 0.1) is 6.54 Å². The van der Waals surface area contributed by atoms with Gasteiger partial charge in [0.2, 0.25) is 5.91 Å². The maximum Gasteiger partial charge on any atom is 0.243 e. The number of hydrogen-bond donors (Lipinski definition) is 2. The number of carbonyl (C=O) groups is 1. The highest BCUT2D eigenvalue weighted by Crippen LogP contribution is 2.31. The number of anilines is 3. The van der Waals surface area contributed by atoms with Crippen LogP contribution in [0.25, 0.3) is 0 Å². The number of nitrogens with zero attached hydrogens (tertiary/aromatic N) is 1. The fraction of sp³-hybridized carbons (Fsp3) is 0.316. The lowest BCUT2D eigenvalue weighted by atomic mass is 10.00. The molecule has 0 bridgehead atoms. The van der Waals surface area contributed by atoms with Crippen molar-refractivity contribution in [2.24, 2.45) is 0 Å². The van der Waals surface area contributed by atoms with Gasteiger partial charge in [0.25, 0.3) is 0 Å². The van der Waals surface area contributed by atoms with Gasteiger partial charge >= 0.3 is 0 Å². The molecule has 3 rings (SSSR count). The summed E-state index contributed by atoms with van der Waals surface area (Å²) < 4.78 is 0. The molecule has 4 nitrogen and oxygen atoms in total. The molecule has 0 radical (unpaired) electrons. The molecule has 1 heterocycles. The molecule has 2 aromatic carbocycles. The number of para-hydroxylation sites is 1. The first kappa shape index (κ1) is 15.4. The van der Waals surface area contributed by atoms with E-state index in [-0.39, 0.29) is 5.91 Å². The molecule has 2 aromatic rings. The zero-order chi connectivity index (χ0) is 16.4. The summed E-state index contributed by atoms with van der Waals surface area (Å²) >= 11 is 0. The van der Waals surface area contributed by atoms with Gasteiger partial charge in [-0.25, -0.2) is 0 Å². The number of aryl methyl sites for hydroxylation is 2. The number of amides is 1. The van der Waals surface area contributed by atoms with Crippen molar-refractivity contribution in [1.29, 1.82) is 0 Å². The van der Waals surface area contributed by atoms with Crippen molar-refractivity contribution in [3.8, 4) is 0 Å². The van der Waals surface area contributed by atoms with Crippen LogP contribution in [0, 0.1) is 13.8 Å². The van der Waals surface area contributed by atoms with Gasteiger partial charge in [0.15, 0.2) is 0 Å². The van der Waals surface area contributed by atoms with Gasteiger partial charge in [-0.3, -0.25) is 4.79 Å². The normalized spacial score (nSPS) is 13.6. The zero-order valence-electron chi connectivity index (χ0n) is 13.7. The van der Waals surface area contributed by atoms with E-state index in [1.54, 1.807) is 0 Å². The summed E-state index contributed by atoms with van der Waals surface area (Å²) in [4.78, 5) is 14.6. The van der Waals surface area contributed by atoms with Crippen molar-refractivity contribution in [3.05, 3.63) is 53.1 Å². The van der Waals surface area contributed by atoms with E-state index in [1.165, 1.54) is 5.56 Å². The molecule has 0 aliphatic carbocycles. The molecular weight excluding hydrogens is 286 g/mol. The van der Waals surface area contributed by atoms with Gasteiger partial charge in [-0.05, 0) is 55.5 Å². The van der Waals surface area contributed by atoms with Crippen molar-refractivity contribution >= 4 is 23.0 Å². The average Bonchev–Trinajstić information content (AvgIpc) is 2.52. The molecule has 0 aromatic heterocycles. The highest BCUT2D eigenvalue weighted by molar-refractivity contribution is 5.95. The molecule has 0 fully saturated rings. The number of benzene rings is 2. The third-order valence-corrected chi connectivity index (χ3v) is 4.46. The van der Waals surface area contributed by atoms with E-state index in [0.717, 1.165) is 47.6 Å². The van der Waals surface area contributed by atoms with Gasteiger partial charge in [0, 0.05) is 23.6 Å². The van der Waals surface area contributed by atoms with Crippen LogP contribution >= 0.6 is 0 Å². The predicted molar refractivity (Wildman–Crippen MR) is 95.9 cm³/mol. The number of nitrogens with one attached hydrogen (secondary N) is 1. The standard InChI is InChI=1S/C19H23N3O/c1-13-6-3-7-14(2)19(13)21-18(23)12-22-11-5-8-15-16(20)9-4-10-17(15)22/h3-4,6-7,9-10H,5,8,11-12,20H2,1-2H3,(H,21,23). The van der Waals surface area contributed by atoms with Gasteiger partial charge in [-0.15, -0.1) is 0 Å². The van der Waals surface area contributed by atoms with Crippen LogP contribution in [0.3, 0.4) is 0 Å². The molecular formula is C19H23N3O. The van der Waals surface area contributed by atoms with Crippen LogP contribution < -0.4 is 16.0 Å². The zero-order valence-corrected chi connectivity index (χ0v) is 13.7. The Morgan fingerprint density at radius 2 is 1.87 bits per heavy atom. The third kappa shape index (κ3) is 3.16. The number of hydrogen-bond acceptors (Lipinski definition) is 3. The highest BCUT2D eigenvalue weighted by Gasteiger charge is 2.20. The molecule has 0 spiro atoms. The number of rotatable bonds is 3. The fourth-order valence-electron chi connectivity index (χ4n) is 3.26. The Hall–Kier alpha value is -2.49. The lowest BCUT2D eigenvalue weighted by molar-refractivity contribution is -0.115. The van der Waals surface area contributed by atoms with E-state index in [9.17, 15) is 4.79 Å². The summed E-state index contributed by atoms with van der Waals surface area (Å²) in [5.74, 6) is 0.0117. The smallest absolute Gasteiger partial charge is 0.243 e. The van der Waals surface area contributed by atoms with Crippen molar-refractivity contribution < 1.29 is 4.79 Å². The number of carbonyl (C=O) groups excluding carboxylic acids is 1. The van der Waals surface area contributed by atoms with Crippen molar-refractivity contribution in [2.45, 2.75) is 26.7 Å². The first-order valence-electron chi connectivity index (χ1n) is 8.04. The Bertz CT molecular complexity index is 719. The molecule has 0 unspecified atom stereocenters. The molecule has 1 amide bonds. The first-order valence-corrected chi connectivity index (χ1v) is 8.04. The Morgan fingerprint density at radius 1 is 1.17 bits per heavy atom. The molecule has 0 saturated heterocycles. The molecule has 3 N–H and O–H groups in total. The summed E-state index contributed by atoms with van der Waals surface area (Å²) in [5.41, 5.74) is 12.2. The second kappa shape index (κ2) is 6.32. The van der Waals surface area contributed by atoms with Crippen LogP contribution in [0.5, 0.6) is 0 Å². The van der Waals surface area contributed by atoms with Crippen LogP contribution in [0.15, 0.2) is 36.4 Å². The molecule has 0 atom stereocenters. The van der Waals surface area contributed by atoms with E-state index < -0.39 is 0 Å². The summed E-state index contributed by atoms with van der Waals surface area (Å²) in [7, 11) is 0. The van der Waals surface area contributed by atoms with E-state index in [4.69, 9.17) is 5.73 Å². The summed E-state index contributed by atoms with van der Waals surface area (Å²) in [6.07, 6.45) is 2.01. The topological polar surface area (TPSA) is 58.4 Å². The summed E-state index contributed by atoms with van der Waals surface area (Å²) in [5, 5.41) is 3.06. The SMILES string of the molecule is Cc1cccc(C)c1NC(=O)CN1CCCc2c(N)cccc21. The van der Waals surface area contributed by atoms with Crippen LogP contribution in [-0.2, 0) is 11.2 Å². The van der Waals surface area contributed by atoms with Crippen LogP contribution in [0.4, 0.5) is 17.1 Å². The number of fused-ring (bicyclic) bond motifs is 1. The Labute approximate surface area is 137 Å². The monoisotopic (exact) mass is 309 g/mol. The fourth-order valence-corrected chi connectivity index (χ4v) is 3.26. The quantitative estimate of drug-likeness (QED) is 0.856. The Morgan fingerprint density at radius 3 is 2.61 bits per heavy atom. The number of nitrogens with two attached hydrogens (primary N) is 1. The molecule has 1 aliphatic heterocycles. The minimum Gasteiger partial charge on any atom is -0.398 e. The van der Waals surface area contributed by atoms with Crippen LogP contribution in [-0.4, -0.2) is 19.0 Å². The molecule has 4 heteroatoms. The van der Waals surface area contributed by atoms with Crippen molar-refractivity contribution in [2.75, 3.05) is 29.0 Å². The van der Waals surface area contributed by atoms with Crippen molar-refractivity contribution in [1.82, 2.24) is 0 Å². The third-order valence-electron chi connectivity index (χ3n) is 4.46. The van der Waals surface area contributed by atoms with Gasteiger partial charge in [0.1, 0.15) is 0 Å². The minimum absolute atomic E-state index is 0.0117. The molecule has 23 heavy (non-hydrogen) atoms. The first-order chi connectivity index (χ1) is 11.1. The summed E-state index contributed by atoms with van der Waals surface area (Å²) in [6, 6.07) is 12.0. The second-order valence-corrected chi connectivity index (χ2v) is 6.19. The predicted octanol–water partition coefficient (Wildman–Crippen LogP) is 3.28. The maximum atomic E-state index is 12.5. The Balaban J connectivity index is 1.76. The van der Waals surface area contributed by atoms with Crippen LogP contribution in [0.1, 0.15) is 23.1 Å². The van der Waals surface area contributed by atoms with Gasteiger partial charge in [-0.1, -0.05) is 24.3 Å². The van der Waals surface area contributed by atoms with E-state index in [1.807, 2.05) is 44.2 Å². The highest BCUT2D eigenvalue weighted by atomic mass is 16.2. The van der Waals surface area contributed by atoms with E-state index >= 15 is 0 Å². The van der Waals surface area contributed by atoms with Crippen molar-refractivity contribution in [3.63, 3.8) is 0 Å². The molecule has 0 saturated carbocycles. The van der Waals surface area contributed by atoms with Gasteiger partial charge in [-0.2, -0.15) is 0 Å². The van der Waals surface area contributed by atoms with E-state index in [0.29, 0.717) is 6.54 Å². The molecule has 1 aliphatic rings. The number of nitrogen functional groups attached to an aromatic ring is 1. The minimum atomic E-state index is 0.0117. The maximum absolute atomic E-state index is 12.5. The largest absolute Gasteiger partial charge is 0.398 e. The lowest BCUT2D eigenvalue weighted by Gasteiger charge is -2.31. The van der Waals surface area contributed by atoms with Crippen LogP contribution in [0.2, 0.25) is 0 Å². The average molecular weight is 309 g/mol. The lowest BCUT2D eigenvalue weighted by Crippen LogP contribution is -2.37. The molecule has 120 valence electrons. The van der Waals surface area contributed by atoms with Gasteiger partial charge < -0.3 is 16.0 Å². The second-order valence-electron chi connectivity index (χ2n) is 6.19. The Kier molecular flexibility index (Phi) is 4.24.